The number of nitro benzene ring substituents is 1. The van der Waals surface area contributed by atoms with Crippen molar-refractivity contribution >= 4 is 63.7 Å². The highest BCUT2D eigenvalue weighted by Crippen LogP contribution is 2.31. The summed E-state index contributed by atoms with van der Waals surface area (Å²) in [7, 11) is 0. The van der Waals surface area contributed by atoms with Gasteiger partial charge in [0, 0.05) is 28.4 Å². The number of carbonyl (C=O) groups excluding carboxylic acids is 1. The number of amides is 1. The quantitative estimate of drug-likeness (QED) is 0.314. The molecule has 25 heavy (non-hydrogen) atoms. The second-order valence-corrected chi connectivity index (χ2v) is 7.71. The smallest absolute Gasteiger partial charge is 0.269 e. The fourth-order valence-electron chi connectivity index (χ4n) is 1.86. The van der Waals surface area contributed by atoms with Crippen molar-refractivity contribution in [3.63, 3.8) is 0 Å². The Morgan fingerprint density at radius 1 is 1.04 bits per heavy atom. The van der Waals surface area contributed by atoms with E-state index in [0.29, 0.717) is 10.7 Å². The van der Waals surface area contributed by atoms with Gasteiger partial charge in [-0.25, -0.2) is 0 Å². The molecule has 0 radical (unpaired) electrons. The van der Waals surface area contributed by atoms with Gasteiger partial charge < -0.3 is 10.6 Å². The number of nitrogens with zero attached hydrogens (tertiary/aromatic N) is 1. The molecule has 2 N–H and O–H groups in total. The monoisotopic (exact) mass is 421 g/mol. The molecule has 0 aliphatic rings. The van der Waals surface area contributed by atoms with Gasteiger partial charge in [-0.05, 0) is 36.4 Å². The average Bonchev–Trinajstić information content (AvgIpc) is 2.55. The number of non-ortho nitro benzene ring substituents is 1. The summed E-state index contributed by atoms with van der Waals surface area (Å²) in [5.41, 5.74) is 0.626. The molecule has 0 aliphatic carbocycles. The lowest BCUT2D eigenvalue weighted by atomic mass is 10.2. The van der Waals surface area contributed by atoms with Gasteiger partial charge in [0.25, 0.3) is 11.6 Å². The molecule has 0 bridgehead atoms. The first-order valence-corrected chi connectivity index (χ1v) is 8.32. The van der Waals surface area contributed by atoms with E-state index in [1.807, 2.05) is 0 Å². The molecule has 0 aromatic heterocycles. The van der Waals surface area contributed by atoms with Crippen LogP contribution in [0.15, 0.2) is 48.5 Å². The summed E-state index contributed by atoms with van der Waals surface area (Å²) >= 11 is 23.6. The molecule has 6 nitrogen and oxygen atoms in total. The SMILES string of the molecule is O=C(NC(Nc1ccc(Cl)cc1)C(Cl)(Cl)Cl)c1ccc([N+](=O)[O-])cc1. The lowest BCUT2D eigenvalue weighted by Gasteiger charge is -2.27. The van der Waals surface area contributed by atoms with Crippen molar-refractivity contribution in [1.82, 2.24) is 5.32 Å². The van der Waals surface area contributed by atoms with Crippen molar-refractivity contribution in [2.45, 2.75) is 9.96 Å². The second-order valence-electron chi connectivity index (χ2n) is 4.90. The number of hydrogen-bond donors (Lipinski definition) is 2. The third-order valence-corrected chi connectivity index (χ3v) is 4.00. The van der Waals surface area contributed by atoms with E-state index >= 15 is 0 Å². The predicted octanol–water partition coefficient (Wildman–Crippen LogP) is 4.79. The van der Waals surface area contributed by atoms with Crippen LogP contribution >= 0.6 is 46.4 Å². The first-order valence-electron chi connectivity index (χ1n) is 6.81. The van der Waals surface area contributed by atoms with Gasteiger partial charge in [-0.2, -0.15) is 0 Å². The van der Waals surface area contributed by atoms with Gasteiger partial charge in [0.2, 0.25) is 3.79 Å². The number of carbonyl (C=O) groups is 1. The largest absolute Gasteiger partial charge is 0.362 e. The summed E-state index contributed by atoms with van der Waals surface area (Å²) in [5, 5.41) is 16.6. The summed E-state index contributed by atoms with van der Waals surface area (Å²) in [5.74, 6) is -0.562. The Kier molecular flexibility index (Phi) is 6.35. The molecule has 1 unspecified atom stereocenters. The van der Waals surface area contributed by atoms with Crippen LogP contribution in [0, 0.1) is 10.1 Å². The van der Waals surface area contributed by atoms with Gasteiger partial charge in [-0.15, -0.1) is 0 Å². The van der Waals surface area contributed by atoms with Gasteiger partial charge in [0.1, 0.15) is 6.17 Å². The number of anilines is 1. The molecule has 0 fully saturated rings. The molecule has 1 amide bonds. The summed E-state index contributed by atoms with van der Waals surface area (Å²) in [6, 6.07) is 11.6. The van der Waals surface area contributed by atoms with Crippen LogP contribution in [-0.2, 0) is 0 Å². The maximum Gasteiger partial charge on any atom is 0.269 e. The molecule has 132 valence electrons. The average molecular weight is 423 g/mol. The standard InChI is InChI=1S/C15H11Cl4N3O3/c16-10-3-5-11(6-4-10)20-14(15(17,18)19)21-13(23)9-1-7-12(8-2-9)22(24)25/h1-8,14,20H,(H,21,23). The number of alkyl halides is 3. The molecule has 0 spiro atoms. The van der Waals surface area contributed by atoms with Crippen molar-refractivity contribution in [2.24, 2.45) is 0 Å². The molecule has 1 atom stereocenters. The highest BCUT2D eigenvalue weighted by atomic mass is 35.6. The van der Waals surface area contributed by atoms with Crippen LogP contribution in [0.3, 0.4) is 0 Å². The van der Waals surface area contributed by atoms with Crippen molar-refractivity contribution < 1.29 is 9.72 Å². The van der Waals surface area contributed by atoms with E-state index in [9.17, 15) is 14.9 Å². The van der Waals surface area contributed by atoms with Gasteiger partial charge in [-0.3, -0.25) is 14.9 Å². The predicted molar refractivity (Wildman–Crippen MR) is 99.7 cm³/mol. The Morgan fingerprint density at radius 3 is 2.08 bits per heavy atom. The molecule has 2 rings (SSSR count). The van der Waals surface area contributed by atoms with Crippen molar-refractivity contribution in [3.05, 3.63) is 69.2 Å². The summed E-state index contributed by atoms with van der Waals surface area (Å²) in [6.07, 6.45) is -1.05. The van der Waals surface area contributed by atoms with Crippen LogP contribution in [0.1, 0.15) is 10.4 Å². The Hall–Kier alpha value is -1.73. The van der Waals surface area contributed by atoms with Crippen LogP contribution in [0.5, 0.6) is 0 Å². The van der Waals surface area contributed by atoms with E-state index in [1.54, 1.807) is 24.3 Å². The molecule has 0 aliphatic heterocycles. The molecule has 0 saturated carbocycles. The highest BCUT2D eigenvalue weighted by Gasteiger charge is 2.34. The van der Waals surface area contributed by atoms with Crippen LogP contribution < -0.4 is 10.6 Å². The van der Waals surface area contributed by atoms with E-state index in [2.05, 4.69) is 10.6 Å². The molecule has 10 heteroatoms. The van der Waals surface area contributed by atoms with E-state index in [1.165, 1.54) is 24.3 Å². The van der Waals surface area contributed by atoms with Crippen molar-refractivity contribution in [3.8, 4) is 0 Å². The highest BCUT2D eigenvalue weighted by molar-refractivity contribution is 6.68. The Bertz CT molecular complexity index is 761. The van der Waals surface area contributed by atoms with E-state index in [0.717, 1.165) is 0 Å². The Labute approximate surface area is 163 Å². The second kappa shape index (κ2) is 8.10. The third kappa shape index (κ3) is 5.64. The van der Waals surface area contributed by atoms with Gasteiger partial charge in [0.05, 0.1) is 4.92 Å². The third-order valence-electron chi connectivity index (χ3n) is 3.10. The number of nitro groups is 1. The first kappa shape index (κ1) is 19.6. The minimum absolute atomic E-state index is 0.131. The van der Waals surface area contributed by atoms with Gasteiger partial charge in [-0.1, -0.05) is 46.4 Å². The zero-order valence-corrected chi connectivity index (χ0v) is 15.4. The molecule has 2 aromatic carbocycles. The summed E-state index contributed by atoms with van der Waals surface area (Å²) in [4.78, 5) is 22.4. The van der Waals surface area contributed by atoms with Crippen molar-refractivity contribution in [1.29, 1.82) is 0 Å². The topological polar surface area (TPSA) is 84.3 Å². The van der Waals surface area contributed by atoms with E-state index in [-0.39, 0.29) is 11.3 Å². The lowest BCUT2D eigenvalue weighted by molar-refractivity contribution is -0.384. The fraction of sp³-hybridized carbons (Fsp3) is 0.133. The lowest BCUT2D eigenvalue weighted by Crippen LogP contribution is -2.49. The zero-order chi connectivity index (χ0) is 18.6. The Morgan fingerprint density at radius 2 is 1.60 bits per heavy atom. The first-order chi connectivity index (χ1) is 11.7. The number of benzene rings is 2. The van der Waals surface area contributed by atoms with E-state index < -0.39 is 20.8 Å². The normalized spacial score (nSPS) is 12.3. The minimum Gasteiger partial charge on any atom is -0.362 e. The van der Waals surface area contributed by atoms with Gasteiger partial charge >= 0.3 is 0 Å². The number of hydrogen-bond acceptors (Lipinski definition) is 4. The molecular formula is C15H11Cl4N3O3. The fourth-order valence-corrected chi connectivity index (χ4v) is 2.31. The van der Waals surface area contributed by atoms with Crippen LogP contribution in [0.4, 0.5) is 11.4 Å². The van der Waals surface area contributed by atoms with Gasteiger partial charge in [0.15, 0.2) is 0 Å². The van der Waals surface area contributed by atoms with Crippen LogP contribution in [-0.4, -0.2) is 20.8 Å². The van der Waals surface area contributed by atoms with Crippen molar-refractivity contribution in [2.75, 3.05) is 5.32 Å². The number of halogens is 4. The van der Waals surface area contributed by atoms with Crippen LogP contribution in [0.25, 0.3) is 0 Å². The number of rotatable bonds is 5. The molecular weight excluding hydrogens is 412 g/mol. The summed E-state index contributed by atoms with van der Waals surface area (Å²) in [6.45, 7) is 0. The maximum absolute atomic E-state index is 12.3. The zero-order valence-electron chi connectivity index (χ0n) is 12.4. The molecule has 0 heterocycles. The Balaban J connectivity index is 2.14. The molecule has 0 saturated heterocycles. The number of nitrogens with one attached hydrogen (secondary N) is 2. The maximum atomic E-state index is 12.3. The summed E-state index contributed by atoms with van der Waals surface area (Å²) < 4.78 is -1.85. The van der Waals surface area contributed by atoms with E-state index in [4.69, 9.17) is 46.4 Å². The molecule has 2 aromatic rings. The van der Waals surface area contributed by atoms with Crippen LogP contribution in [0.2, 0.25) is 5.02 Å². The minimum atomic E-state index is -1.85.